The summed E-state index contributed by atoms with van der Waals surface area (Å²) in [5, 5.41) is 3.58. The smallest absolute Gasteiger partial charge is 0.0603 e. The van der Waals surface area contributed by atoms with E-state index >= 15 is 0 Å². The number of nitrogens with one attached hydrogen (secondary N) is 1. The Bertz CT molecular complexity index is 529. The molecule has 0 spiro atoms. The summed E-state index contributed by atoms with van der Waals surface area (Å²) >= 11 is 7.18. The highest BCUT2D eigenvalue weighted by Gasteiger charge is 2.16. The molecule has 2 aromatic rings. The number of benzene rings is 1. The molecule has 0 bridgehead atoms. The second-order valence-corrected chi connectivity index (χ2v) is 6.11. The van der Waals surface area contributed by atoms with Crippen molar-refractivity contribution in [3.63, 3.8) is 0 Å². The highest BCUT2D eigenvalue weighted by molar-refractivity contribution is 9.11. The first-order valence-corrected chi connectivity index (χ1v) is 7.89. The summed E-state index contributed by atoms with van der Waals surface area (Å²) in [6.45, 7) is 3.14. The summed E-state index contributed by atoms with van der Waals surface area (Å²) < 4.78 is 2.19. The summed E-state index contributed by atoms with van der Waals surface area (Å²) in [4.78, 5) is 4.22. The molecule has 1 N–H and O–H groups in total. The van der Waals surface area contributed by atoms with Crippen LogP contribution in [0.2, 0.25) is 0 Å². The molecule has 1 heterocycles. The molecule has 2 rings (SSSR count). The molecule has 1 aromatic heterocycles. The van der Waals surface area contributed by atoms with Crippen LogP contribution in [-0.2, 0) is 0 Å². The van der Waals surface area contributed by atoms with E-state index < -0.39 is 0 Å². The number of aromatic nitrogens is 1. The molecule has 1 aromatic carbocycles. The zero-order valence-corrected chi connectivity index (χ0v) is 13.9. The van der Waals surface area contributed by atoms with Crippen LogP contribution in [-0.4, -0.2) is 11.5 Å². The van der Waals surface area contributed by atoms with Gasteiger partial charge in [0.15, 0.2) is 0 Å². The number of pyridine rings is 1. The zero-order chi connectivity index (χ0) is 13.7. The molecule has 0 fully saturated rings. The molecule has 2 nitrogen and oxygen atoms in total. The molecule has 100 valence electrons. The van der Waals surface area contributed by atoms with Crippen molar-refractivity contribution in [3.05, 3.63) is 62.8 Å². The number of nitrogens with zero attached hydrogens (tertiary/aromatic N) is 1. The van der Waals surface area contributed by atoms with Gasteiger partial charge in [-0.25, -0.2) is 0 Å². The molecule has 0 amide bonds. The normalized spacial score (nSPS) is 12.4. The van der Waals surface area contributed by atoms with Crippen molar-refractivity contribution in [2.24, 2.45) is 0 Å². The van der Waals surface area contributed by atoms with Gasteiger partial charge in [-0.15, -0.1) is 0 Å². The lowest BCUT2D eigenvalue weighted by atomic mass is 10.00. The molecular formula is C15H16Br2N2. The third kappa shape index (κ3) is 3.88. The van der Waals surface area contributed by atoms with Crippen LogP contribution in [0.1, 0.15) is 30.5 Å². The maximum atomic E-state index is 4.22. The van der Waals surface area contributed by atoms with Crippen molar-refractivity contribution in [3.8, 4) is 0 Å². The molecule has 0 radical (unpaired) electrons. The molecule has 19 heavy (non-hydrogen) atoms. The Morgan fingerprint density at radius 3 is 2.79 bits per heavy atom. The number of halogens is 2. The van der Waals surface area contributed by atoms with Gasteiger partial charge in [-0.1, -0.05) is 44.8 Å². The monoisotopic (exact) mass is 382 g/mol. The molecule has 0 aliphatic rings. The van der Waals surface area contributed by atoms with Crippen LogP contribution in [0, 0.1) is 0 Å². The van der Waals surface area contributed by atoms with E-state index in [-0.39, 0.29) is 6.04 Å². The van der Waals surface area contributed by atoms with Gasteiger partial charge in [-0.3, -0.25) is 4.98 Å². The number of hydrogen-bond acceptors (Lipinski definition) is 2. The minimum absolute atomic E-state index is 0.153. The van der Waals surface area contributed by atoms with Crippen molar-refractivity contribution in [2.45, 2.75) is 19.4 Å². The van der Waals surface area contributed by atoms with Gasteiger partial charge in [-0.2, -0.15) is 0 Å². The fourth-order valence-corrected chi connectivity index (χ4v) is 2.83. The van der Waals surface area contributed by atoms with Gasteiger partial charge in [-0.05, 0) is 48.4 Å². The second-order valence-electron chi connectivity index (χ2n) is 4.34. The molecular weight excluding hydrogens is 368 g/mol. The van der Waals surface area contributed by atoms with Crippen molar-refractivity contribution >= 4 is 31.9 Å². The quantitative estimate of drug-likeness (QED) is 0.809. The van der Waals surface area contributed by atoms with Gasteiger partial charge in [0, 0.05) is 21.3 Å². The Kier molecular flexibility index (Phi) is 5.55. The van der Waals surface area contributed by atoms with E-state index in [4.69, 9.17) is 0 Å². The minimum Gasteiger partial charge on any atom is -0.306 e. The van der Waals surface area contributed by atoms with Crippen molar-refractivity contribution in [1.82, 2.24) is 10.3 Å². The molecule has 0 aliphatic carbocycles. The fourth-order valence-electron chi connectivity index (χ4n) is 1.98. The molecule has 4 heteroatoms. The lowest BCUT2D eigenvalue weighted by Gasteiger charge is -2.20. The van der Waals surface area contributed by atoms with Gasteiger partial charge in [0.2, 0.25) is 0 Å². The molecule has 1 unspecified atom stereocenters. The first-order valence-electron chi connectivity index (χ1n) is 6.30. The summed E-state index contributed by atoms with van der Waals surface area (Å²) in [6, 6.07) is 10.5. The minimum atomic E-state index is 0.153. The summed E-state index contributed by atoms with van der Waals surface area (Å²) in [7, 11) is 0. The Labute approximate surface area is 130 Å². The first kappa shape index (κ1) is 14.7. The van der Waals surface area contributed by atoms with Crippen LogP contribution in [0.25, 0.3) is 0 Å². The average molecular weight is 384 g/mol. The van der Waals surface area contributed by atoms with Gasteiger partial charge in [0.1, 0.15) is 0 Å². The van der Waals surface area contributed by atoms with Crippen molar-refractivity contribution < 1.29 is 0 Å². The van der Waals surface area contributed by atoms with E-state index in [1.165, 1.54) is 11.1 Å². The van der Waals surface area contributed by atoms with Gasteiger partial charge in [0.25, 0.3) is 0 Å². The average Bonchev–Trinajstić information content (AvgIpc) is 2.44. The number of rotatable bonds is 5. The SMILES string of the molecule is CCCNC(c1cccnc1)c1cc(Br)ccc1Br. The zero-order valence-electron chi connectivity index (χ0n) is 10.7. The lowest BCUT2D eigenvalue weighted by molar-refractivity contribution is 0.595. The van der Waals surface area contributed by atoms with Crippen LogP contribution >= 0.6 is 31.9 Å². The van der Waals surface area contributed by atoms with E-state index in [0.29, 0.717) is 0 Å². The van der Waals surface area contributed by atoms with E-state index in [9.17, 15) is 0 Å². The highest BCUT2D eigenvalue weighted by Crippen LogP contribution is 2.30. The topological polar surface area (TPSA) is 24.9 Å². The van der Waals surface area contributed by atoms with Crippen LogP contribution in [0.15, 0.2) is 51.7 Å². The van der Waals surface area contributed by atoms with E-state index in [2.05, 4.69) is 67.3 Å². The molecule has 0 saturated carbocycles. The van der Waals surface area contributed by atoms with E-state index in [0.717, 1.165) is 21.9 Å². The fraction of sp³-hybridized carbons (Fsp3) is 0.267. The Balaban J connectivity index is 2.40. The van der Waals surface area contributed by atoms with Crippen LogP contribution in [0.3, 0.4) is 0 Å². The van der Waals surface area contributed by atoms with Gasteiger partial charge < -0.3 is 5.32 Å². The lowest BCUT2D eigenvalue weighted by Crippen LogP contribution is -2.23. The van der Waals surface area contributed by atoms with Crippen LogP contribution < -0.4 is 5.32 Å². The van der Waals surface area contributed by atoms with E-state index in [1.807, 2.05) is 18.3 Å². The molecule has 0 saturated heterocycles. The van der Waals surface area contributed by atoms with Crippen LogP contribution in [0.4, 0.5) is 0 Å². The first-order chi connectivity index (χ1) is 9.22. The van der Waals surface area contributed by atoms with Gasteiger partial charge in [0.05, 0.1) is 6.04 Å². The maximum Gasteiger partial charge on any atom is 0.0603 e. The highest BCUT2D eigenvalue weighted by atomic mass is 79.9. The molecule has 1 atom stereocenters. The Morgan fingerprint density at radius 2 is 2.11 bits per heavy atom. The predicted octanol–water partition coefficient (Wildman–Crippen LogP) is 4.70. The standard InChI is InChI=1S/C15H16Br2N2/c1-2-7-19-15(11-4-3-8-18-10-11)13-9-12(16)5-6-14(13)17/h3-6,8-10,15,19H,2,7H2,1H3. The molecule has 0 aliphatic heterocycles. The largest absolute Gasteiger partial charge is 0.306 e. The summed E-state index contributed by atoms with van der Waals surface area (Å²) in [5.74, 6) is 0. The number of hydrogen-bond donors (Lipinski definition) is 1. The third-order valence-electron chi connectivity index (χ3n) is 2.89. The predicted molar refractivity (Wildman–Crippen MR) is 86.2 cm³/mol. The van der Waals surface area contributed by atoms with Crippen molar-refractivity contribution in [2.75, 3.05) is 6.54 Å². The van der Waals surface area contributed by atoms with Gasteiger partial charge >= 0.3 is 0 Å². The Hall–Kier alpha value is -0.710. The van der Waals surface area contributed by atoms with Crippen molar-refractivity contribution in [1.29, 1.82) is 0 Å². The maximum absolute atomic E-state index is 4.22. The summed E-state index contributed by atoms with van der Waals surface area (Å²) in [5.41, 5.74) is 2.39. The summed E-state index contributed by atoms with van der Waals surface area (Å²) in [6.07, 6.45) is 4.82. The van der Waals surface area contributed by atoms with E-state index in [1.54, 1.807) is 6.20 Å². The second kappa shape index (κ2) is 7.17. The Morgan fingerprint density at radius 1 is 1.26 bits per heavy atom. The van der Waals surface area contributed by atoms with Crippen LogP contribution in [0.5, 0.6) is 0 Å². The third-order valence-corrected chi connectivity index (χ3v) is 4.10.